The second kappa shape index (κ2) is 6.20. The van der Waals surface area contributed by atoms with E-state index in [9.17, 15) is 4.79 Å². The number of carbonyl (C=O) groups is 1. The van der Waals surface area contributed by atoms with Gasteiger partial charge in [0.25, 0.3) is 0 Å². The van der Waals surface area contributed by atoms with E-state index in [1.54, 1.807) is 19.2 Å². The largest absolute Gasteiger partial charge is 0.497 e. The van der Waals surface area contributed by atoms with Crippen LogP contribution in [0.4, 0.5) is 0 Å². The number of ether oxygens (including phenoxy) is 2. The Hall–Kier alpha value is -2.33. The van der Waals surface area contributed by atoms with Crippen molar-refractivity contribution in [1.29, 1.82) is 0 Å². The molecule has 0 saturated heterocycles. The third-order valence-corrected chi connectivity index (χ3v) is 3.93. The maximum Gasteiger partial charge on any atom is 0.338 e. The molecule has 1 fully saturated rings. The van der Waals surface area contributed by atoms with Gasteiger partial charge < -0.3 is 15.2 Å². The van der Waals surface area contributed by atoms with Crippen LogP contribution in [0.5, 0.6) is 5.75 Å². The predicted octanol–water partition coefficient (Wildman–Crippen LogP) is 3.01. The highest BCUT2D eigenvalue weighted by Gasteiger charge is 2.29. The summed E-state index contributed by atoms with van der Waals surface area (Å²) in [6, 6.07) is 15.4. The number of carbonyl (C=O) groups excluding carboxylic acids is 1. The van der Waals surface area contributed by atoms with Crippen molar-refractivity contribution in [3.63, 3.8) is 0 Å². The molecule has 0 aliphatic heterocycles. The molecule has 0 spiro atoms. The molecule has 0 unspecified atom stereocenters. The molecule has 22 heavy (non-hydrogen) atoms. The minimum Gasteiger partial charge on any atom is -0.497 e. The van der Waals surface area contributed by atoms with Crippen molar-refractivity contribution in [3.8, 4) is 16.9 Å². The standard InChI is InChI=1S/C18H19NO3/c1-21-16-4-2-3-14(9-16)12-5-7-13(8-6-12)18(20)22-17-10-15(19)11-17/h2-9,15,17H,10-11,19H2,1H3. The molecule has 0 bridgehead atoms. The van der Waals surface area contributed by atoms with Gasteiger partial charge in [-0.2, -0.15) is 0 Å². The van der Waals surface area contributed by atoms with Gasteiger partial charge in [-0.25, -0.2) is 4.79 Å². The summed E-state index contributed by atoms with van der Waals surface area (Å²) in [5.41, 5.74) is 8.33. The van der Waals surface area contributed by atoms with Crippen LogP contribution in [0, 0.1) is 0 Å². The molecule has 1 saturated carbocycles. The van der Waals surface area contributed by atoms with Crippen LogP contribution < -0.4 is 10.5 Å². The molecule has 2 aromatic carbocycles. The smallest absolute Gasteiger partial charge is 0.338 e. The molecule has 1 aliphatic carbocycles. The first-order valence-electron chi connectivity index (χ1n) is 7.37. The van der Waals surface area contributed by atoms with Gasteiger partial charge in [0.1, 0.15) is 11.9 Å². The summed E-state index contributed by atoms with van der Waals surface area (Å²) < 4.78 is 10.6. The first kappa shape index (κ1) is 14.6. The lowest BCUT2D eigenvalue weighted by atomic mass is 9.90. The summed E-state index contributed by atoms with van der Waals surface area (Å²) in [6.45, 7) is 0. The van der Waals surface area contributed by atoms with Crippen molar-refractivity contribution < 1.29 is 14.3 Å². The molecular formula is C18H19NO3. The summed E-state index contributed by atoms with van der Waals surface area (Å²) in [5.74, 6) is 0.524. The van der Waals surface area contributed by atoms with Crippen LogP contribution in [0.15, 0.2) is 48.5 Å². The van der Waals surface area contributed by atoms with E-state index < -0.39 is 0 Å². The molecule has 0 heterocycles. The van der Waals surface area contributed by atoms with Crippen molar-refractivity contribution in [1.82, 2.24) is 0 Å². The van der Waals surface area contributed by atoms with E-state index in [2.05, 4.69) is 0 Å². The van der Waals surface area contributed by atoms with Crippen LogP contribution in [0.1, 0.15) is 23.2 Å². The van der Waals surface area contributed by atoms with Gasteiger partial charge in [0.2, 0.25) is 0 Å². The zero-order chi connectivity index (χ0) is 15.5. The topological polar surface area (TPSA) is 61.5 Å². The van der Waals surface area contributed by atoms with Crippen molar-refractivity contribution in [2.75, 3.05) is 7.11 Å². The number of hydrogen-bond acceptors (Lipinski definition) is 4. The van der Waals surface area contributed by atoms with Crippen molar-refractivity contribution in [2.24, 2.45) is 5.73 Å². The van der Waals surface area contributed by atoms with Crippen LogP contribution >= 0.6 is 0 Å². The van der Waals surface area contributed by atoms with Gasteiger partial charge in [-0.1, -0.05) is 24.3 Å². The van der Waals surface area contributed by atoms with Gasteiger partial charge >= 0.3 is 5.97 Å². The molecule has 114 valence electrons. The van der Waals surface area contributed by atoms with E-state index >= 15 is 0 Å². The number of rotatable bonds is 4. The maximum atomic E-state index is 12.0. The minimum atomic E-state index is -0.283. The van der Waals surface area contributed by atoms with Crippen LogP contribution in [0.2, 0.25) is 0 Å². The third kappa shape index (κ3) is 3.12. The lowest BCUT2D eigenvalue weighted by Crippen LogP contribution is -2.42. The molecule has 4 heteroatoms. The van der Waals surface area contributed by atoms with Crippen LogP contribution in [-0.4, -0.2) is 25.2 Å². The normalized spacial score (nSPS) is 20.1. The highest BCUT2D eigenvalue weighted by Crippen LogP contribution is 2.25. The summed E-state index contributed by atoms with van der Waals surface area (Å²) in [5, 5.41) is 0. The average molecular weight is 297 g/mol. The minimum absolute atomic E-state index is 0.0273. The Morgan fingerprint density at radius 3 is 2.45 bits per heavy atom. The second-order valence-electron chi connectivity index (χ2n) is 5.57. The predicted molar refractivity (Wildman–Crippen MR) is 84.8 cm³/mol. The first-order valence-corrected chi connectivity index (χ1v) is 7.37. The van der Waals surface area contributed by atoms with E-state index in [1.807, 2.05) is 36.4 Å². The lowest BCUT2D eigenvalue weighted by molar-refractivity contribution is 0.00323. The van der Waals surface area contributed by atoms with Gasteiger partial charge in [0.05, 0.1) is 12.7 Å². The van der Waals surface area contributed by atoms with Crippen molar-refractivity contribution >= 4 is 5.97 Å². The molecule has 2 N–H and O–H groups in total. The monoisotopic (exact) mass is 297 g/mol. The fourth-order valence-corrected chi connectivity index (χ4v) is 2.52. The Labute approximate surface area is 129 Å². The Kier molecular flexibility index (Phi) is 4.11. The number of esters is 1. The summed E-state index contributed by atoms with van der Waals surface area (Å²) in [6.07, 6.45) is 1.49. The summed E-state index contributed by atoms with van der Waals surface area (Å²) in [7, 11) is 1.64. The Morgan fingerprint density at radius 1 is 1.09 bits per heavy atom. The fourth-order valence-electron chi connectivity index (χ4n) is 2.52. The highest BCUT2D eigenvalue weighted by molar-refractivity contribution is 5.90. The number of nitrogens with two attached hydrogens (primary N) is 1. The Bertz CT molecular complexity index is 660. The molecule has 2 aromatic rings. The first-order chi connectivity index (χ1) is 10.7. The Morgan fingerprint density at radius 2 is 1.82 bits per heavy atom. The van der Waals surface area contributed by atoms with Crippen LogP contribution in [0.3, 0.4) is 0 Å². The van der Waals surface area contributed by atoms with E-state index in [-0.39, 0.29) is 18.1 Å². The zero-order valence-electron chi connectivity index (χ0n) is 12.5. The molecule has 0 atom stereocenters. The van der Waals surface area contributed by atoms with Crippen molar-refractivity contribution in [3.05, 3.63) is 54.1 Å². The van der Waals surface area contributed by atoms with Gasteiger partial charge in [0.15, 0.2) is 0 Å². The van der Waals surface area contributed by atoms with Crippen LogP contribution in [-0.2, 0) is 4.74 Å². The number of methoxy groups -OCH3 is 1. The van der Waals surface area contributed by atoms with E-state index in [1.165, 1.54) is 0 Å². The fraction of sp³-hybridized carbons (Fsp3) is 0.278. The van der Waals surface area contributed by atoms with Gasteiger partial charge in [0, 0.05) is 6.04 Å². The van der Waals surface area contributed by atoms with Gasteiger partial charge in [-0.15, -0.1) is 0 Å². The molecule has 4 nitrogen and oxygen atoms in total. The molecule has 3 rings (SSSR count). The number of hydrogen-bond donors (Lipinski definition) is 1. The van der Waals surface area contributed by atoms with E-state index in [4.69, 9.17) is 15.2 Å². The average Bonchev–Trinajstić information content (AvgIpc) is 2.53. The molecule has 0 aromatic heterocycles. The lowest BCUT2D eigenvalue weighted by Gasteiger charge is -2.31. The summed E-state index contributed by atoms with van der Waals surface area (Å²) in [4.78, 5) is 12.0. The summed E-state index contributed by atoms with van der Waals surface area (Å²) >= 11 is 0. The maximum absolute atomic E-state index is 12.0. The SMILES string of the molecule is COc1cccc(-c2ccc(C(=O)OC3CC(N)C3)cc2)c1. The highest BCUT2D eigenvalue weighted by atomic mass is 16.5. The third-order valence-electron chi connectivity index (χ3n) is 3.93. The molecule has 0 radical (unpaired) electrons. The van der Waals surface area contributed by atoms with E-state index in [0.29, 0.717) is 5.56 Å². The molecular weight excluding hydrogens is 278 g/mol. The Balaban J connectivity index is 1.70. The van der Waals surface area contributed by atoms with Gasteiger partial charge in [-0.05, 0) is 48.2 Å². The van der Waals surface area contributed by atoms with Crippen LogP contribution in [0.25, 0.3) is 11.1 Å². The van der Waals surface area contributed by atoms with E-state index in [0.717, 1.165) is 29.7 Å². The molecule has 0 amide bonds. The zero-order valence-corrected chi connectivity index (χ0v) is 12.5. The second-order valence-corrected chi connectivity index (χ2v) is 5.57. The number of benzene rings is 2. The quantitative estimate of drug-likeness (QED) is 0.881. The van der Waals surface area contributed by atoms with Gasteiger partial charge in [-0.3, -0.25) is 0 Å². The van der Waals surface area contributed by atoms with Crippen molar-refractivity contribution in [2.45, 2.75) is 25.0 Å². The molecule has 1 aliphatic rings.